The predicted octanol–water partition coefficient (Wildman–Crippen LogP) is 18.7. The van der Waals surface area contributed by atoms with Crippen molar-refractivity contribution in [3.05, 3.63) is 247 Å². The van der Waals surface area contributed by atoms with Crippen LogP contribution in [0, 0.1) is 27.7 Å². The number of nitrogens with zero attached hydrogens (tertiary/aromatic N) is 4. The molecule has 2 atom stereocenters. The van der Waals surface area contributed by atoms with Crippen LogP contribution >= 0.6 is 23.2 Å². The van der Waals surface area contributed by atoms with Crippen LogP contribution in [0.5, 0.6) is 46.0 Å². The van der Waals surface area contributed by atoms with E-state index in [0.29, 0.717) is 56.4 Å². The molecule has 0 spiro atoms. The van der Waals surface area contributed by atoms with Crippen molar-refractivity contribution in [2.24, 2.45) is 0 Å². The fourth-order valence-corrected chi connectivity index (χ4v) is 14.7. The Hall–Kier alpha value is -12.0. The first kappa shape index (κ1) is 78.1. The fraction of sp³-hybridized carbons (Fsp3) is 0.267. The van der Waals surface area contributed by atoms with Crippen LogP contribution in [0.2, 0.25) is 0 Å². The first-order valence-corrected chi connectivity index (χ1v) is 37.9. The van der Waals surface area contributed by atoms with Crippen LogP contribution in [0.1, 0.15) is 176 Å². The Balaban J connectivity index is 1.19. The van der Waals surface area contributed by atoms with Crippen molar-refractivity contribution in [3.63, 3.8) is 0 Å². The molecule has 2 aromatic heterocycles. The summed E-state index contributed by atoms with van der Waals surface area (Å²) in [6.45, 7) is 29.9. The van der Waals surface area contributed by atoms with E-state index < -0.39 is 59.5 Å². The number of rotatable bonds is 28. The zero-order valence-electron chi connectivity index (χ0n) is 64.2. The fourth-order valence-electron chi connectivity index (χ4n) is 14.6. The highest BCUT2D eigenvalue weighted by atomic mass is 35.5. The molecule has 0 saturated carbocycles. The summed E-state index contributed by atoms with van der Waals surface area (Å²) in [5.41, 5.74) is 7.59. The predicted molar refractivity (Wildman–Crippen MR) is 431 cm³/mol. The van der Waals surface area contributed by atoms with Crippen LogP contribution < -0.4 is 29.6 Å². The summed E-state index contributed by atoms with van der Waals surface area (Å²) < 4.78 is 40.4. The van der Waals surface area contributed by atoms with Crippen molar-refractivity contribution in [3.8, 4) is 46.0 Å². The van der Waals surface area contributed by atoms with Gasteiger partial charge in [0.2, 0.25) is 11.8 Å². The Bertz CT molecular complexity index is 5130. The van der Waals surface area contributed by atoms with Gasteiger partial charge < -0.3 is 39.1 Å². The SMILES string of the molecule is C=C(Cl)C(=O)OCCNC(=O)C(Cc1ccncc1)N1C(=O)c2cc(Oc3ccc(C(C)C)cc3C)c3c4c(Oc5ccc(C(C)C)cc5C)cc5c6c(cc(Oc7ccc(C(C)C)cc7C)c(c7c(Oc8ccc(C(C)C)cc8C)cc(c2c37)C1=O)c64)C(=O)N(C(Cc1ccncc1)C(=O)NCCOC(=O)C(=C)Cl)C5=O. The number of nitrogens with one attached hydrogen (secondary N) is 2. The number of benzene rings is 9. The quantitative estimate of drug-likeness (QED) is 0.0116. The molecule has 572 valence electrons. The van der Waals surface area contributed by atoms with Gasteiger partial charge in [-0.25, -0.2) is 9.59 Å². The maximum absolute atomic E-state index is 16.7. The molecule has 0 radical (unpaired) electrons. The summed E-state index contributed by atoms with van der Waals surface area (Å²) in [5.74, 6) is -5.02. The Kier molecular flexibility index (Phi) is 22.4. The van der Waals surface area contributed by atoms with Crippen molar-refractivity contribution in [2.45, 2.75) is 132 Å². The minimum Gasteiger partial charge on any atom is -0.460 e. The number of carbonyl (C=O) groups excluding carboxylic acids is 8. The van der Waals surface area contributed by atoms with E-state index in [1.54, 1.807) is 48.5 Å². The lowest BCUT2D eigenvalue weighted by atomic mass is 9.80. The Labute approximate surface area is 658 Å². The zero-order chi connectivity index (χ0) is 80.0. The molecule has 0 saturated heterocycles. The van der Waals surface area contributed by atoms with Crippen molar-refractivity contribution < 1.29 is 66.8 Å². The number of fused-ring (bicyclic) bond motifs is 2. The van der Waals surface area contributed by atoms with Gasteiger partial charge in [0.15, 0.2) is 0 Å². The molecule has 2 N–H and O–H groups in total. The highest BCUT2D eigenvalue weighted by Gasteiger charge is 2.47. The van der Waals surface area contributed by atoms with E-state index in [2.05, 4.69) is 89.1 Å². The number of carbonyl (C=O) groups is 8. The minimum absolute atomic E-state index is 0.0288. The number of ether oxygens (including phenoxy) is 6. The molecule has 2 aliphatic rings. The molecule has 13 rings (SSSR count). The molecule has 2 unspecified atom stereocenters. The first-order chi connectivity index (χ1) is 53.5. The van der Waals surface area contributed by atoms with Gasteiger partial charge in [-0.3, -0.25) is 48.5 Å². The minimum atomic E-state index is -1.58. The van der Waals surface area contributed by atoms with Crippen LogP contribution in [-0.2, 0) is 41.5 Å². The number of halogens is 2. The lowest BCUT2D eigenvalue weighted by Gasteiger charge is -2.36. The molecular formula is C90H84Cl2N6O14. The van der Waals surface area contributed by atoms with Gasteiger partial charge in [-0.15, -0.1) is 0 Å². The molecule has 20 nitrogen and oxygen atoms in total. The molecule has 0 fully saturated rings. The summed E-state index contributed by atoms with van der Waals surface area (Å²) in [7, 11) is 0. The third-order valence-corrected chi connectivity index (χ3v) is 20.9. The van der Waals surface area contributed by atoms with Gasteiger partial charge in [0.05, 0.1) is 35.3 Å². The number of pyridine rings is 2. The summed E-state index contributed by atoms with van der Waals surface area (Å²) in [5, 5.41) is 6.42. The number of esters is 2. The zero-order valence-corrected chi connectivity index (χ0v) is 65.7. The number of aromatic nitrogens is 2. The van der Waals surface area contributed by atoms with Crippen LogP contribution in [0.4, 0.5) is 0 Å². The smallest absolute Gasteiger partial charge is 0.349 e. The highest BCUT2D eigenvalue weighted by Crippen LogP contribution is 2.59. The Morgan fingerprint density at radius 1 is 0.375 bits per heavy atom. The largest absolute Gasteiger partial charge is 0.460 e. The Morgan fingerprint density at radius 2 is 0.634 bits per heavy atom. The van der Waals surface area contributed by atoms with Gasteiger partial charge in [0, 0.05) is 80.7 Å². The van der Waals surface area contributed by atoms with Gasteiger partial charge in [0.25, 0.3) is 23.6 Å². The third-order valence-electron chi connectivity index (χ3n) is 20.6. The molecular weight excluding hydrogens is 1460 g/mol. The summed E-state index contributed by atoms with van der Waals surface area (Å²) in [4.78, 5) is 132. The number of imide groups is 2. The highest BCUT2D eigenvalue weighted by molar-refractivity contribution is 6.45. The van der Waals surface area contributed by atoms with E-state index >= 15 is 28.8 Å². The van der Waals surface area contributed by atoms with Crippen LogP contribution in [0.3, 0.4) is 0 Å². The third kappa shape index (κ3) is 15.2. The summed E-state index contributed by atoms with van der Waals surface area (Å²) in [6.07, 6.45) is 5.69. The molecule has 11 aromatic rings. The molecule has 2 aliphatic heterocycles. The van der Waals surface area contributed by atoms with E-state index in [1.165, 1.54) is 24.8 Å². The van der Waals surface area contributed by atoms with E-state index in [4.69, 9.17) is 51.6 Å². The molecule has 0 bridgehead atoms. The van der Waals surface area contributed by atoms with Crippen LogP contribution in [0.25, 0.3) is 43.1 Å². The van der Waals surface area contributed by atoms with Gasteiger partial charge >= 0.3 is 11.9 Å². The average molecular weight is 1540 g/mol. The molecule has 4 heterocycles. The van der Waals surface area contributed by atoms with E-state index in [0.717, 1.165) is 32.1 Å². The van der Waals surface area contributed by atoms with Crippen LogP contribution in [0.15, 0.2) is 169 Å². The lowest BCUT2D eigenvalue weighted by Crippen LogP contribution is -2.55. The second-order valence-electron chi connectivity index (χ2n) is 29.6. The normalized spacial score (nSPS) is 13.3. The summed E-state index contributed by atoms with van der Waals surface area (Å²) >= 11 is 11.7. The molecule has 0 aliphatic carbocycles. The molecule has 112 heavy (non-hydrogen) atoms. The van der Waals surface area contributed by atoms with E-state index in [9.17, 15) is 9.59 Å². The second-order valence-corrected chi connectivity index (χ2v) is 30.5. The van der Waals surface area contributed by atoms with E-state index in [-0.39, 0.29) is 161 Å². The number of amides is 6. The van der Waals surface area contributed by atoms with Gasteiger partial charge in [-0.05, 0) is 180 Å². The second kappa shape index (κ2) is 32.1. The van der Waals surface area contributed by atoms with Crippen molar-refractivity contribution in [2.75, 3.05) is 26.3 Å². The van der Waals surface area contributed by atoms with Gasteiger partial charge in [0.1, 0.15) is 81.4 Å². The monoisotopic (exact) mass is 1540 g/mol. The average Bonchev–Trinajstić information content (AvgIpc) is 0.670. The molecule has 6 amide bonds. The number of aryl methyl sites for hydroxylation is 4. The van der Waals surface area contributed by atoms with Gasteiger partial charge in [-0.2, -0.15) is 0 Å². The van der Waals surface area contributed by atoms with Gasteiger partial charge in [-0.1, -0.05) is 140 Å². The Morgan fingerprint density at radius 3 is 0.866 bits per heavy atom. The lowest BCUT2D eigenvalue weighted by molar-refractivity contribution is -0.139. The first-order valence-electron chi connectivity index (χ1n) is 37.1. The standard InChI is InChI=1S/C90H84Cl2N6O14/c1-45(2)57-15-19-67(49(9)35-57)109-71-41-61-75-62(86(102)97(85(61)101)65(39-55-23-27-93-28-24-55)83(99)95-31-33-107-89(105)53(13)91)43-73(111-69-21-17-59(47(5)6)37-51(69)11)79-80-74(112-70-22-18-60(48(7)8)38-52(70)12)44-64-76-63(42-72(78(82(76)80)77(71)81(75)79)110-68-20-16-58(46(3)4)36-50(68)10)87(103)98(88(64)104)66(40-56-25-29-94-30-26-56)84(100)96-32-34-108-90(106)54(14)92/h15-30,35-38,41-48,65-66H,13-14,31-34,39-40H2,1-12H3,(H,95,99)(H,96,100). The molecule has 22 heteroatoms. The van der Waals surface area contributed by atoms with E-state index in [1.807, 2.05) is 100 Å². The summed E-state index contributed by atoms with van der Waals surface area (Å²) in [6, 6.07) is 32.9. The van der Waals surface area contributed by atoms with Crippen LogP contribution in [-0.4, -0.2) is 106 Å². The topological polar surface area (TPSA) is 248 Å². The molecule has 9 aromatic carbocycles. The maximum Gasteiger partial charge on any atom is 0.349 e. The van der Waals surface area contributed by atoms with Crippen molar-refractivity contribution >= 4 is 114 Å². The van der Waals surface area contributed by atoms with Crippen molar-refractivity contribution in [1.29, 1.82) is 0 Å². The number of hydrogen-bond donors (Lipinski definition) is 2. The van der Waals surface area contributed by atoms with Crippen molar-refractivity contribution in [1.82, 2.24) is 30.4 Å². The number of hydrogen-bond acceptors (Lipinski definition) is 16. The maximum atomic E-state index is 16.7.